The van der Waals surface area contributed by atoms with Gasteiger partial charge in [0, 0.05) is 19.0 Å². The molecule has 0 spiro atoms. The summed E-state index contributed by atoms with van der Waals surface area (Å²) in [6, 6.07) is 0.861. The van der Waals surface area contributed by atoms with Crippen LogP contribution in [0, 0.1) is 10.1 Å². The van der Waals surface area contributed by atoms with Gasteiger partial charge in [0.15, 0.2) is 4.34 Å². The summed E-state index contributed by atoms with van der Waals surface area (Å²) in [7, 11) is -3.92. The number of nitro groups is 1. The van der Waals surface area contributed by atoms with Crippen LogP contribution in [-0.4, -0.2) is 25.8 Å². The molecule has 18 heavy (non-hydrogen) atoms. The van der Waals surface area contributed by atoms with Crippen LogP contribution in [0.15, 0.2) is 10.3 Å². The fourth-order valence-corrected chi connectivity index (χ4v) is 3.72. The van der Waals surface area contributed by atoms with Gasteiger partial charge in [0.25, 0.3) is 5.69 Å². The molecule has 3 N–H and O–H groups in total. The molecule has 1 amide bonds. The van der Waals surface area contributed by atoms with Gasteiger partial charge in [0.2, 0.25) is 15.9 Å². The van der Waals surface area contributed by atoms with Crippen molar-refractivity contribution in [2.45, 2.75) is 10.6 Å². The molecule has 0 radical (unpaired) electrons. The first-order chi connectivity index (χ1) is 8.24. The lowest BCUT2D eigenvalue weighted by atomic mass is 10.4. The predicted molar refractivity (Wildman–Crippen MR) is 65.0 cm³/mol. The Labute approximate surface area is 111 Å². The fourth-order valence-electron chi connectivity index (χ4n) is 0.975. The molecule has 0 saturated carbocycles. The quantitative estimate of drug-likeness (QED) is 0.581. The maximum Gasteiger partial charge on any atom is 0.300 e. The number of carbonyl (C=O) groups is 1. The molecule has 0 aliphatic carbocycles. The number of primary amides is 1. The number of rotatable bonds is 6. The Morgan fingerprint density at radius 2 is 2.22 bits per heavy atom. The first-order valence-corrected chi connectivity index (χ1v) is 7.13. The third kappa shape index (κ3) is 3.63. The van der Waals surface area contributed by atoms with Crippen molar-refractivity contribution in [1.82, 2.24) is 4.72 Å². The molecule has 0 aliphatic rings. The molecule has 0 atom stereocenters. The maximum absolute atomic E-state index is 11.7. The summed E-state index contributed by atoms with van der Waals surface area (Å²) >= 11 is 6.11. The van der Waals surface area contributed by atoms with E-state index in [1.165, 1.54) is 0 Å². The van der Waals surface area contributed by atoms with Crippen molar-refractivity contribution in [3.63, 3.8) is 0 Å². The van der Waals surface area contributed by atoms with Crippen molar-refractivity contribution in [2.24, 2.45) is 5.73 Å². The summed E-state index contributed by atoms with van der Waals surface area (Å²) in [6.45, 7) is -0.180. The average molecular weight is 314 g/mol. The molecule has 0 aromatic carbocycles. The maximum atomic E-state index is 11.7. The Balaban J connectivity index is 2.89. The molecule has 1 aromatic heterocycles. The summed E-state index contributed by atoms with van der Waals surface area (Å²) < 4.78 is 24.9. The second-order valence-electron chi connectivity index (χ2n) is 3.10. The largest absolute Gasteiger partial charge is 0.370 e. The van der Waals surface area contributed by atoms with E-state index in [9.17, 15) is 23.3 Å². The Kier molecular flexibility index (Phi) is 4.62. The van der Waals surface area contributed by atoms with Crippen LogP contribution in [0.1, 0.15) is 6.42 Å². The number of amides is 1. The smallest absolute Gasteiger partial charge is 0.300 e. The number of sulfonamides is 1. The number of thiophene rings is 1. The summed E-state index contributed by atoms with van der Waals surface area (Å²) in [6.07, 6.45) is -0.166. The lowest BCUT2D eigenvalue weighted by Crippen LogP contribution is -2.27. The van der Waals surface area contributed by atoms with E-state index in [4.69, 9.17) is 17.3 Å². The van der Waals surface area contributed by atoms with Gasteiger partial charge in [-0.2, -0.15) is 0 Å². The molecule has 0 bridgehead atoms. The molecule has 0 aliphatic heterocycles. The van der Waals surface area contributed by atoms with Crippen LogP contribution < -0.4 is 10.5 Å². The highest BCUT2D eigenvalue weighted by Gasteiger charge is 2.24. The van der Waals surface area contributed by atoms with Crippen molar-refractivity contribution in [3.8, 4) is 0 Å². The van der Waals surface area contributed by atoms with E-state index in [1.807, 2.05) is 0 Å². The number of carbonyl (C=O) groups excluding carboxylic acids is 1. The van der Waals surface area contributed by atoms with Crippen LogP contribution in [0.25, 0.3) is 0 Å². The number of hydrogen-bond donors (Lipinski definition) is 2. The van der Waals surface area contributed by atoms with Gasteiger partial charge in [0.05, 0.1) is 4.92 Å². The third-order valence-corrected chi connectivity index (χ3v) is 5.04. The van der Waals surface area contributed by atoms with Crippen molar-refractivity contribution in [2.75, 3.05) is 6.54 Å². The fraction of sp³-hybridized carbons (Fsp3) is 0.286. The number of nitrogens with zero attached hydrogens (tertiary/aromatic N) is 1. The summed E-state index contributed by atoms with van der Waals surface area (Å²) in [4.78, 5) is 20.2. The molecular formula is C7H8ClN3O5S2. The number of nitrogens with two attached hydrogens (primary N) is 1. The first-order valence-electron chi connectivity index (χ1n) is 4.45. The highest BCUT2D eigenvalue weighted by molar-refractivity contribution is 7.91. The van der Waals surface area contributed by atoms with Gasteiger partial charge in [-0.05, 0) is 0 Å². The van der Waals surface area contributed by atoms with Crippen LogP contribution in [0.2, 0.25) is 4.34 Å². The first kappa shape index (κ1) is 14.8. The van der Waals surface area contributed by atoms with Crippen molar-refractivity contribution >= 4 is 44.6 Å². The average Bonchev–Trinajstić information content (AvgIpc) is 2.60. The van der Waals surface area contributed by atoms with Crippen LogP contribution in [0.3, 0.4) is 0 Å². The standard InChI is InChI=1S/C7H8ClN3O5S2/c8-7-4(11(13)14)3-6(17-7)18(15,16)10-2-1-5(9)12/h3,10H,1-2H2,(H2,9,12). The molecule has 11 heteroatoms. The van der Waals surface area contributed by atoms with Crippen LogP contribution in [-0.2, 0) is 14.8 Å². The van der Waals surface area contributed by atoms with E-state index in [0.29, 0.717) is 11.3 Å². The zero-order valence-corrected chi connectivity index (χ0v) is 11.1. The Bertz CT molecular complexity index is 582. The van der Waals surface area contributed by atoms with Crippen LogP contribution >= 0.6 is 22.9 Å². The van der Waals surface area contributed by atoms with Crippen molar-refractivity contribution < 1.29 is 18.1 Å². The Morgan fingerprint density at radius 1 is 1.61 bits per heavy atom. The van der Waals surface area contributed by atoms with E-state index in [-0.39, 0.29) is 21.5 Å². The number of nitrogens with one attached hydrogen (secondary N) is 1. The molecule has 100 valence electrons. The highest BCUT2D eigenvalue weighted by atomic mass is 35.5. The SMILES string of the molecule is NC(=O)CCNS(=O)(=O)c1cc([N+](=O)[O-])c(Cl)s1. The lowest BCUT2D eigenvalue weighted by Gasteiger charge is -2.01. The monoisotopic (exact) mass is 313 g/mol. The van der Waals surface area contributed by atoms with Gasteiger partial charge >= 0.3 is 0 Å². The van der Waals surface area contributed by atoms with E-state index in [1.54, 1.807) is 0 Å². The highest BCUT2D eigenvalue weighted by Crippen LogP contribution is 2.35. The number of hydrogen-bond acceptors (Lipinski definition) is 6. The Hall–Kier alpha value is -1.23. The van der Waals surface area contributed by atoms with Gasteiger partial charge in [-0.3, -0.25) is 14.9 Å². The minimum Gasteiger partial charge on any atom is -0.370 e. The van der Waals surface area contributed by atoms with Gasteiger partial charge in [-0.1, -0.05) is 11.6 Å². The molecule has 1 aromatic rings. The molecule has 1 heterocycles. The topological polar surface area (TPSA) is 132 Å². The second-order valence-corrected chi connectivity index (χ2v) is 6.74. The summed E-state index contributed by atoms with van der Waals surface area (Å²) in [5, 5.41) is 10.5. The number of halogens is 1. The van der Waals surface area contributed by atoms with Crippen molar-refractivity contribution in [1.29, 1.82) is 0 Å². The van der Waals surface area contributed by atoms with Crippen molar-refractivity contribution in [3.05, 3.63) is 20.5 Å². The zero-order chi connectivity index (χ0) is 13.9. The Morgan fingerprint density at radius 3 is 2.67 bits per heavy atom. The van der Waals surface area contributed by atoms with E-state index in [2.05, 4.69) is 4.72 Å². The zero-order valence-electron chi connectivity index (χ0n) is 8.75. The molecule has 8 nitrogen and oxygen atoms in total. The molecule has 0 saturated heterocycles. The predicted octanol–water partition coefficient (Wildman–Crippen LogP) is 0.463. The van der Waals surface area contributed by atoms with E-state index in [0.717, 1.165) is 6.07 Å². The van der Waals surface area contributed by atoms with E-state index >= 15 is 0 Å². The molecule has 0 fully saturated rings. The van der Waals surface area contributed by atoms with Gasteiger partial charge in [0.1, 0.15) is 4.21 Å². The van der Waals surface area contributed by atoms with E-state index < -0.39 is 26.5 Å². The van der Waals surface area contributed by atoms with Crippen LogP contribution in [0.4, 0.5) is 5.69 Å². The minimum absolute atomic E-state index is 0.166. The summed E-state index contributed by atoms with van der Waals surface area (Å²) in [5.41, 5.74) is 4.37. The van der Waals surface area contributed by atoms with Gasteiger partial charge in [-0.15, -0.1) is 11.3 Å². The van der Waals surface area contributed by atoms with Crippen LogP contribution in [0.5, 0.6) is 0 Å². The lowest BCUT2D eigenvalue weighted by molar-refractivity contribution is -0.384. The van der Waals surface area contributed by atoms with Gasteiger partial charge in [-0.25, -0.2) is 13.1 Å². The second kappa shape index (κ2) is 5.61. The summed E-state index contributed by atoms with van der Waals surface area (Å²) in [5.74, 6) is -0.659. The molecular weight excluding hydrogens is 306 g/mol. The molecule has 1 rings (SSSR count). The minimum atomic E-state index is -3.92. The van der Waals surface area contributed by atoms with Gasteiger partial charge < -0.3 is 5.73 Å². The third-order valence-electron chi connectivity index (χ3n) is 1.77. The molecule has 0 unspecified atom stereocenters. The normalized spacial score (nSPS) is 11.4.